The molecule has 1 saturated heterocycles. The van der Waals surface area contributed by atoms with Crippen molar-refractivity contribution in [3.05, 3.63) is 41.7 Å². The molecule has 0 atom stereocenters. The number of carbonyl (C=O) groups excluding carboxylic acids is 1. The second-order valence-electron chi connectivity index (χ2n) is 4.59. The van der Waals surface area contributed by atoms with Gasteiger partial charge in [0.25, 0.3) is 0 Å². The predicted molar refractivity (Wildman–Crippen MR) is 70.5 cm³/mol. The van der Waals surface area contributed by atoms with E-state index in [1.54, 1.807) is 24.3 Å². The molecule has 2 rings (SSSR count). The minimum absolute atomic E-state index is 0.0137. The fourth-order valence-electron chi connectivity index (χ4n) is 2.17. The fourth-order valence-corrected chi connectivity index (χ4v) is 2.17. The highest BCUT2D eigenvalue weighted by atomic mass is 19.1. The molecule has 3 heteroatoms. The molecule has 96 valence electrons. The molecule has 1 fully saturated rings. The van der Waals surface area contributed by atoms with Gasteiger partial charge in [0, 0.05) is 24.7 Å². The van der Waals surface area contributed by atoms with Crippen LogP contribution < -0.4 is 0 Å². The summed E-state index contributed by atoms with van der Waals surface area (Å²) < 4.78 is 13.4. The molecule has 0 bridgehead atoms. The Morgan fingerprint density at radius 3 is 2.44 bits per heavy atom. The van der Waals surface area contributed by atoms with Gasteiger partial charge in [-0.25, -0.2) is 4.39 Å². The van der Waals surface area contributed by atoms with Crippen LogP contribution >= 0.6 is 0 Å². The van der Waals surface area contributed by atoms with Gasteiger partial charge in [-0.3, -0.25) is 4.79 Å². The number of hydrogen-bond donors (Lipinski definition) is 0. The molecule has 1 aromatic carbocycles. The molecule has 0 unspecified atom stereocenters. The van der Waals surface area contributed by atoms with E-state index < -0.39 is 0 Å². The summed E-state index contributed by atoms with van der Waals surface area (Å²) in [7, 11) is 0. The Morgan fingerprint density at radius 2 is 1.78 bits per heavy atom. The Morgan fingerprint density at radius 1 is 1.11 bits per heavy atom. The van der Waals surface area contributed by atoms with Crippen molar-refractivity contribution < 1.29 is 9.18 Å². The van der Waals surface area contributed by atoms with Crippen LogP contribution in [-0.2, 0) is 4.79 Å². The summed E-state index contributed by atoms with van der Waals surface area (Å²) in [5, 5.41) is 0. The van der Waals surface area contributed by atoms with Crippen molar-refractivity contribution in [1.82, 2.24) is 4.90 Å². The van der Waals surface area contributed by atoms with Crippen molar-refractivity contribution in [2.24, 2.45) is 0 Å². The van der Waals surface area contributed by atoms with Crippen LogP contribution in [0.1, 0.15) is 31.2 Å². The quantitative estimate of drug-likeness (QED) is 0.735. The third-order valence-electron chi connectivity index (χ3n) is 3.23. The average molecular weight is 247 g/mol. The Kier molecular flexibility index (Phi) is 4.51. The summed E-state index contributed by atoms with van der Waals surface area (Å²) in [4.78, 5) is 13.8. The van der Waals surface area contributed by atoms with Gasteiger partial charge in [-0.15, -0.1) is 0 Å². The maximum absolute atomic E-state index is 13.4. The number of nitrogens with zero attached hydrogens (tertiary/aromatic N) is 1. The van der Waals surface area contributed by atoms with Crippen LogP contribution in [-0.4, -0.2) is 23.9 Å². The molecule has 1 aromatic rings. The minimum atomic E-state index is -0.294. The molecule has 2 nitrogen and oxygen atoms in total. The zero-order valence-electron chi connectivity index (χ0n) is 10.4. The number of amides is 1. The molecular weight excluding hydrogens is 229 g/mol. The highest BCUT2D eigenvalue weighted by molar-refractivity contribution is 5.91. The summed E-state index contributed by atoms with van der Waals surface area (Å²) in [5.41, 5.74) is 0.459. The normalized spacial score (nSPS) is 16.8. The standard InChI is InChI=1S/C15H18FNO/c16-14-8-4-3-7-13(14)9-10-15(18)17-11-5-1-2-6-12-17/h3-4,7-10H,1-2,5-6,11-12H2. The molecule has 1 aliphatic rings. The molecule has 1 amide bonds. The smallest absolute Gasteiger partial charge is 0.246 e. The van der Waals surface area contributed by atoms with Gasteiger partial charge in [0.2, 0.25) is 5.91 Å². The summed E-state index contributed by atoms with van der Waals surface area (Å²) in [5.74, 6) is -0.308. The lowest BCUT2D eigenvalue weighted by Crippen LogP contribution is -2.30. The monoisotopic (exact) mass is 247 g/mol. The fraction of sp³-hybridized carbons (Fsp3) is 0.400. The maximum Gasteiger partial charge on any atom is 0.246 e. The van der Waals surface area contributed by atoms with Gasteiger partial charge in [0.05, 0.1) is 0 Å². The molecule has 0 radical (unpaired) electrons. The van der Waals surface area contributed by atoms with Gasteiger partial charge in [-0.1, -0.05) is 31.0 Å². The zero-order chi connectivity index (χ0) is 12.8. The lowest BCUT2D eigenvalue weighted by atomic mass is 10.2. The number of halogens is 1. The van der Waals surface area contributed by atoms with E-state index in [1.165, 1.54) is 25.0 Å². The molecular formula is C15H18FNO. The van der Waals surface area contributed by atoms with Crippen molar-refractivity contribution in [2.45, 2.75) is 25.7 Å². The third-order valence-corrected chi connectivity index (χ3v) is 3.23. The second kappa shape index (κ2) is 6.34. The lowest BCUT2D eigenvalue weighted by Gasteiger charge is -2.17. The van der Waals surface area contributed by atoms with Gasteiger partial charge in [0.15, 0.2) is 0 Å². The average Bonchev–Trinajstić information content (AvgIpc) is 2.66. The molecule has 0 spiro atoms. The number of carbonyl (C=O) groups is 1. The van der Waals surface area contributed by atoms with Gasteiger partial charge in [0.1, 0.15) is 5.82 Å². The van der Waals surface area contributed by atoms with Gasteiger partial charge in [-0.2, -0.15) is 0 Å². The van der Waals surface area contributed by atoms with E-state index in [0.29, 0.717) is 5.56 Å². The molecule has 0 N–H and O–H groups in total. The Hall–Kier alpha value is -1.64. The molecule has 0 aromatic heterocycles. The van der Waals surface area contributed by atoms with Gasteiger partial charge >= 0.3 is 0 Å². The van der Waals surface area contributed by atoms with E-state index in [9.17, 15) is 9.18 Å². The van der Waals surface area contributed by atoms with Crippen molar-refractivity contribution in [2.75, 3.05) is 13.1 Å². The summed E-state index contributed by atoms with van der Waals surface area (Å²) in [6.07, 6.45) is 7.56. The van der Waals surface area contributed by atoms with Crippen LogP contribution in [0.15, 0.2) is 30.3 Å². The number of rotatable bonds is 2. The lowest BCUT2D eigenvalue weighted by molar-refractivity contribution is -0.125. The van der Waals surface area contributed by atoms with E-state index in [2.05, 4.69) is 0 Å². The Bertz CT molecular complexity index is 434. The molecule has 18 heavy (non-hydrogen) atoms. The van der Waals surface area contributed by atoms with Crippen LogP contribution in [0.2, 0.25) is 0 Å². The first-order valence-corrected chi connectivity index (χ1v) is 6.49. The van der Waals surface area contributed by atoms with E-state index in [4.69, 9.17) is 0 Å². The van der Waals surface area contributed by atoms with Gasteiger partial charge in [-0.05, 0) is 25.0 Å². The first kappa shape index (κ1) is 12.8. The van der Waals surface area contributed by atoms with Crippen molar-refractivity contribution >= 4 is 12.0 Å². The highest BCUT2D eigenvalue weighted by Crippen LogP contribution is 2.12. The highest BCUT2D eigenvalue weighted by Gasteiger charge is 2.12. The third kappa shape index (κ3) is 3.42. The first-order chi connectivity index (χ1) is 8.77. The minimum Gasteiger partial charge on any atom is -0.339 e. The number of hydrogen-bond acceptors (Lipinski definition) is 1. The van der Waals surface area contributed by atoms with Crippen LogP contribution in [0.5, 0.6) is 0 Å². The zero-order valence-corrected chi connectivity index (χ0v) is 10.4. The largest absolute Gasteiger partial charge is 0.339 e. The van der Waals surface area contributed by atoms with Crippen molar-refractivity contribution in [3.63, 3.8) is 0 Å². The summed E-state index contributed by atoms with van der Waals surface area (Å²) >= 11 is 0. The second-order valence-corrected chi connectivity index (χ2v) is 4.59. The molecule has 0 aliphatic carbocycles. The number of likely N-dealkylation sites (tertiary alicyclic amines) is 1. The molecule has 1 aliphatic heterocycles. The topological polar surface area (TPSA) is 20.3 Å². The first-order valence-electron chi connectivity index (χ1n) is 6.49. The van der Waals surface area contributed by atoms with E-state index in [-0.39, 0.29) is 11.7 Å². The summed E-state index contributed by atoms with van der Waals surface area (Å²) in [6.45, 7) is 1.64. The van der Waals surface area contributed by atoms with Crippen LogP contribution in [0, 0.1) is 5.82 Å². The van der Waals surface area contributed by atoms with Crippen LogP contribution in [0.25, 0.3) is 6.08 Å². The maximum atomic E-state index is 13.4. The van der Waals surface area contributed by atoms with Gasteiger partial charge < -0.3 is 4.90 Å². The van der Waals surface area contributed by atoms with Crippen LogP contribution in [0.4, 0.5) is 4.39 Å². The predicted octanol–water partition coefficient (Wildman–Crippen LogP) is 3.24. The molecule has 1 heterocycles. The van der Waals surface area contributed by atoms with E-state index in [0.717, 1.165) is 25.9 Å². The summed E-state index contributed by atoms with van der Waals surface area (Å²) in [6, 6.07) is 6.47. The Balaban J connectivity index is 2.00. The molecule has 0 saturated carbocycles. The number of benzene rings is 1. The van der Waals surface area contributed by atoms with Crippen molar-refractivity contribution in [1.29, 1.82) is 0 Å². The SMILES string of the molecule is O=C(C=Cc1ccccc1F)N1CCCCCC1. The Labute approximate surface area is 107 Å². The van der Waals surface area contributed by atoms with Crippen LogP contribution in [0.3, 0.4) is 0 Å². The van der Waals surface area contributed by atoms with Crippen molar-refractivity contribution in [3.8, 4) is 0 Å². The van der Waals surface area contributed by atoms with E-state index in [1.807, 2.05) is 4.90 Å². The van der Waals surface area contributed by atoms with E-state index >= 15 is 0 Å².